The van der Waals surface area contributed by atoms with E-state index < -0.39 is 0 Å². The third kappa shape index (κ3) is 2.11. The largest absolute Gasteiger partial charge is 0.371 e. The molecule has 2 saturated heterocycles. The highest BCUT2D eigenvalue weighted by atomic mass is 16.5. The molecular weight excluding hydrogens is 230 g/mol. The fourth-order valence-electron chi connectivity index (χ4n) is 2.61. The zero-order chi connectivity index (χ0) is 12.5. The van der Waals surface area contributed by atoms with Crippen molar-refractivity contribution in [3.63, 3.8) is 0 Å². The molecule has 3 heterocycles. The Hall–Kier alpha value is -1.46. The van der Waals surface area contributed by atoms with Crippen LogP contribution in [0.4, 0.5) is 0 Å². The molecule has 2 unspecified atom stereocenters. The number of carbonyl (C=O) groups excluding carboxylic acids is 1. The molecule has 2 bridgehead atoms. The molecule has 18 heavy (non-hydrogen) atoms. The van der Waals surface area contributed by atoms with Crippen molar-refractivity contribution in [3.8, 4) is 0 Å². The number of ether oxygens (including phenoxy) is 1. The quantitative estimate of drug-likeness (QED) is 0.828. The molecule has 2 fully saturated rings. The van der Waals surface area contributed by atoms with Crippen LogP contribution < -0.4 is 5.73 Å². The first-order valence-corrected chi connectivity index (χ1v) is 6.36. The van der Waals surface area contributed by atoms with Gasteiger partial charge in [0.25, 0.3) is 5.91 Å². The van der Waals surface area contributed by atoms with E-state index in [9.17, 15) is 4.79 Å². The molecule has 0 radical (unpaired) electrons. The first-order valence-electron chi connectivity index (χ1n) is 6.36. The highest BCUT2D eigenvalue weighted by molar-refractivity contribution is 5.92. The first kappa shape index (κ1) is 11.6. The molecule has 0 aliphatic carbocycles. The Labute approximate surface area is 106 Å². The third-order valence-corrected chi connectivity index (χ3v) is 3.61. The molecule has 1 aromatic rings. The standard InChI is InChI=1S/C13H17N3O2/c14-5-9-1-4-12(15-6-9)13(17)16-7-10-2-3-11(8-16)18-10/h1,4,6,10-11H,2-3,5,7-8,14H2. The van der Waals surface area contributed by atoms with Crippen LogP contribution >= 0.6 is 0 Å². The van der Waals surface area contributed by atoms with Crippen LogP contribution in [0.1, 0.15) is 28.9 Å². The summed E-state index contributed by atoms with van der Waals surface area (Å²) in [4.78, 5) is 18.3. The molecule has 1 amide bonds. The van der Waals surface area contributed by atoms with Crippen molar-refractivity contribution in [2.24, 2.45) is 5.73 Å². The van der Waals surface area contributed by atoms with Crippen LogP contribution in [0.25, 0.3) is 0 Å². The number of aromatic nitrogens is 1. The Morgan fingerprint density at radius 3 is 2.67 bits per heavy atom. The smallest absolute Gasteiger partial charge is 0.272 e. The number of morpholine rings is 1. The lowest BCUT2D eigenvalue weighted by Crippen LogP contribution is -2.46. The van der Waals surface area contributed by atoms with E-state index >= 15 is 0 Å². The number of rotatable bonds is 2. The van der Waals surface area contributed by atoms with E-state index in [1.165, 1.54) is 0 Å². The number of carbonyl (C=O) groups is 1. The van der Waals surface area contributed by atoms with Gasteiger partial charge in [-0.1, -0.05) is 6.07 Å². The van der Waals surface area contributed by atoms with Gasteiger partial charge in [0.1, 0.15) is 5.69 Å². The van der Waals surface area contributed by atoms with E-state index in [2.05, 4.69) is 4.98 Å². The topological polar surface area (TPSA) is 68.5 Å². The maximum Gasteiger partial charge on any atom is 0.272 e. The molecule has 2 N–H and O–H groups in total. The van der Waals surface area contributed by atoms with Crippen molar-refractivity contribution >= 4 is 5.91 Å². The summed E-state index contributed by atoms with van der Waals surface area (Å²) in [5.74, 6) is -0.00114. The van der Waals surface area contributed by atoms with Gasteiger partial charge >= 0.3 is 0 Å². The van der Waals surface area contributed by atoms with Crippen molar-refractivity contribution in [1.82, 2.24) is 9.88 Å². The number of hydrogen-bond donors (Lipinski definition) is 1. The van der Waals surface area contributed by atoms with Gasteiger partial charge in [-0.2, -0.15) is 0 Å². The number of likely N-dealkylation sites (tertiary alicyclic amines) is 1. The zero-order valence-corrected chi connectivity index (χ0v) is 10.2. The van der Waals surface area contributed by atoms with Gasteiger partial charge < -0.3 is 15.4 Å². The normalized spacial score (nSPS) is 26.4. The van der Waals surface area contributed by atoms with Crippen LogP contribution in [-0.2, 0) is 11.3 Å². The number of nitrogens with two attached hydrogens (primary N) is 1. The van der Waals surface area contributed by atoms with E-state index in [1.54, 1.807) is 12.3 Å². The molecule has 2 aliphatic heterocycles. The highest BCUT2D eigenvalue weighted by Gasteiger charge is 2.36. The van der Waals surface area contributed by atoms with Crippen molar-refractivity contribution in [3.05, 3.63) is 29.6 Å². The highest BCUT2D eigenvalue weighted by Crippen LogP contribution is 2.26. The minimum atomic E-state index is -0.00114. The molecule has 3 rings (SSSR count). The molecule has 2 aliphatic rings. The van der Waals surface area contributed by atoms with Crippen molar-refractivity contribution < 1.29 is 9.53 Å². The SMILES string of the molecule is NCc1ccc(C(=O)N2CC3CCC(C2)O3)nc1. The van der Waals surface area contributed by atoms with Crippen molar-refractivity contribution in [2.45, 2.75) is 31.6 Å². The lowest BCUT2D eigenvalue weighted by atomic mass is 10.2. The van der Waals surface area contributed by atoms with Gasteiger partial charge in [0, 0.05) is 25.8 Å². The van der Waals surface area contributed by atoms with E-state index in [0.717, 1.165) is 18.4 Å². The second-order valence-electron chi connectivity index (χ2n) is 4.92. The molecule has 1 aromatic heterocycles. The average molecular weight is 247 g/mol. The second kappa shape index (κ2) is 4.66. The summed E-state index contributed by atoms with van der Waals surface area (Å²) >= 11 is 0. The van der Waals surface area contributed by atoms with Gasteiger partial charge in [-0.3, -0.25) is 9.78 Å². The predicted octanol–water partition coefficient (Wildman–Crippen LogP) is 0.544. The Morgan fingerprint density at radius 2 is 2.11 bits per heavy atom. The van der Waals surface area contributed by atoms with E-state index in [1.807, 2.05) is 11.0 Å². The number of amides is 1. The molecule has 5 heteroatoms. The fourth-order valence-corrected chi connectivity index (χ4v) is 2.61. The maximum atomic E-state index is 12.3. The molecule has 0 aromatic carbocycles. The first-order chi connectivity index (χ1) is 8.76. The molecule has 0 spiro atoms. The fraction of sp³-hybridized carbons (Fsp3) is 0.538. The van der Waals surface area contributed by atoms with Crippen LogP contribution in [0.5, 0.6) is 0 Å². The van der Waals surface area contributed by atoms with Crippen LogP contribution in [0.15, 0.2) is 18.3 Å². The van der Waals surface area contributed by atoms with Crippen molar-refractivity contribution in [2.75, 3.05) is 13.1 Å². The minimum absolute atomic E-state index is 0.00114. The number of pyridine rings is 1. The summed E-state index contributed by atoms with van der Waals surface area (Å²) in [6.45, 7) is 1.83. The molecule has 5 nitrogen and oxygen atoms in total. The Balaban J connectivity index is 1.73. The van der Waals surface area contributed by atoms with E-state index in [-0.39, 0.29) is 18.1 Å². The Kier molecular flexibility index (Phi) is 3.01. The lowest BCUT2D eigenvalue weighted by molar-refractivity contribution is -0.0305. The minimum Gasteiger partial charge on any atom is -0.371 e. The zero-order valence-electron chi connectivity index (χ0n) is 10.2. The van der Waals surface area contributed by atoms with E-state index in [0.29, 0.717) is 25.3 Å². The summed E-state index contributed by atoms with van der Waals surface area (Å²) in [6, 6.07) is 3.61. The summed E-state index contributed by atoms with van der Waals surface area (Å²) in [7, 11) is 0. The number of hydrogen-bond acceptors (Lipinski definition) is 4. The molecule has 96 valence electrons. The number of fused-ring (bicyclic) bond motifs is 2. The van der Waals surface area contributed by atoms with Crippen molar-refractivity contribution in [1.29, 1.82) is 0 Å². The third-order valence-electron chi connectivity index (χ3n) is 3.61. The van der Waals surface area contributed by atoms with Crippen LogP contribution in [0.3, 0.4) is 0 Å². The van der Waals surface area contributed by atoms with Gasteiger partial charge in [-0.25, -0.2) is 0 Å². The second-order valence-corrected chi connectivity index (χ2v) is 4.92. The lowest BCUT2D eigenvalue weighted by Gasteiger charge is -2.31. The van der Waals surface area contributed by atoms with Crippen LogP contribution in [-0.4, -0.2) is 41.1 Å². The van der Waals surface area contributed by atoms with Crippen LogP contribution in [0.2, 0.25) is 0 Å². The van der Waals surface area contributed by atoms with Gasteiger partial charge in [0.05, 0.1) is 12.2 Å². The summed E-state index contributed by atoms with van der Waals surface area (Å²) in [5, 5.41) is 0. The van der Waals surface area contributed by atoms with Gasteiger partial charge in [-0.15, -0.1) is 0 Å². The molecular formula is C13H17N3O2. The number of nitrogens with zero attached hydrogens (tertiary/aromatic N) is 2. The monoisotopic (exact) mass is 247 g/mol. The summed E-state index contributed by atoms with van der Waals surface area (Å²) < 4.78 is 5.72. The average Bonchev–Trinajstić information content (AvgIpc) is 2.77. The summed E-state index contributed by atoms with van der Waals surface area (Å²) in [5.41, 5.74) is 6.94. The predicted molar refractivity (Wildman–Crippen MR) is 65.9 cm³/mol. The van der Waals surface area contributed by atoms with E-state index in [4.69, 9.17) is 10.5 Å². The van der Waals surface area contributed by atoms with Gasteiger partial charge in [0.15, 0.2) is 0 Å². The molecule has 0 saturated carbocycles. The Morgan fingerprint density at radius 1 is 1.39 bits per heavy atom. The van der Waals surface area contributed by atoms with Crippen LogP contribution in [0, 0.1) is 0 Å². The molecule has 2 atom stereocenters. The Bertz CT molecular complexity index is 434. The van der Waals surface area contributed by atoms with Gasteiger partial charge in [-0.05, 0) is 24.5 Å². The summed E-state index contributed by atoms with van der Waals surface area (Å²) in [6.07, 6.45) is 4.23. The van der Waals surface area contributed by atoms with Gasteiger partial charge in [0.2, 0.25) is 0 Å². The maximum absolute atomic E-state index is 12.3.